The smallest absolute Gasteiger partial charge is 0.133 e. The molecule has 0 bridgehead atoms. The predicted molar refractivity (Wildman–Crippen MR) is 168 cm³/mol. The van der Waals surface area contributed by atoms with Gasteiger partial charge >= 0.3 is 0 Å². The minimum atomic E-state index is -0.205. The van der Waals surface area contributed by atoms with E-state index in [1.807, 2.05) is 0 Å². The summed E-state index contributed by atoms with van der Waals surface area (Å²) < 4.78 is 6.53. The number of rotatable bonds is 12. The van der Waals surface area contributed by atoms with Gasteiger partial charge in [-0.25, -0.2) is 0 Å². The summed E-state index contributed by atoms with van der Waals surface area (Å²) in [5.41, 5.74) is 1.63. The SMILES string of the molecule is CCC(CC)CNC(CC)(CC)c1cccc(OCC[C@]23CCC4C(CCC5CC(=O)CC[C@@]54C)C2CCC3O)c1. The number of carbonyl (C=O) groups excluding carboxylic acids is 1. The van der Waals surface area contributed by atoms with Crippen molar-refractivity contribution in [1.29, 1.82) is 0 Å². The number of ether oxygens (including phenoxy) is 1. The van der Waals surface area contributed by atoms with Crippen LogP contribution in [0.5, 0.6) is 5.75 Å². The van der Waals surface area contributed by atoms with Gasteiger partial charge in [0.2, 0.25) is 0 Å². The number of hydrogen-bond acceptors (Lipinski definition) is 4. The van der Waals surface area contributed by atoms with Crippen molar-refractivity contribution in [3.63, 3.8) is 0 Å². The fraction of sp³-hybridized carbons (Fsp3) is 0.811. The quantitative estimate of drug-likeness (QED) is 0.267. The summed E-state index contributed by atoms with van der Waals surface area (Å²) in [4.78, 5) is 12.3. The topological polar surface area (TPSA) is 58.6 Å². The molecule has 4 aliphatic carbocycles. The number of carbonyl (C=O) groups is 1. The summed E-state index contributed by atoms with van der Waals surface area (Å²) in [6, 6.07) is 8.82. The van der Waals surface area contributed by atoms with Gasteiger partial charge in [0, 0.05) is 23.8 Å². The Morgan fingerprint density at radius 3 is 2.54 bits per heavy atom. The van der Waals surface area contributed by atoms with Crippen molar-refractivity contribution in [2.45, 2.75) is 136 Å². The zero-order valence-electron chi connectivity index (χ0n) is 26.9. The highest BCUT2D eigenvalue weighted by atomic mass is 16.5. The number of benzene rings is 1. The zero-order valence-corrected chi connectivity index (χ0v) is 26.9. The highest BCUT2D eigenvalue weighted by Crippen LogP contribution is 2.66. The lowest BCUT2D eigenvalue weighted by Crippen LogP contribution is -2.55. The molecule has 5 rings (SSSR count). The van der Waals surface area contributed by atoms with Crippen LogP contribution in [0.25, 0.3) is 0 Å². The van der Waals surface area contributed by atoms with E-state index >= 15 is 0 Å². The summed E-state index contributed by atoms with van der Waals surface area (Å²) >= 11 is 0. The molecule has 0 radical (unpaired) electrons. The van der Waals surface area contributed by atoms with Crippen LogP contribution in [0.2, 0.25) is 0 Å². The highest BCUT2D eigenvalue weighted by Gasteiger charge is 2.61. The van der Waals surface area contributed by atoms with E-state index < -0.39 is 0 Å². The zero-order chi connectivity index (χ0) is 29.3. The highest BCUT2D eigenvalue weighted by molar-refractivity contribution is 5.79. The molecule has 0 heterocycles. The van der Waals surface area contributed by atoms with Gasteiger partial charge in [-0.15, -0.1) is 0 Å². The monoisotopic (exact) mass is 565 g/mol. The van der Waals surface area contributed by atoms with Gasteiger partial charge in [-0.1, -0.05) is 59.6 Å². The van der Waals surface area contributed by atoms with Gasteiger partial charge in [0.15, 0.2) is 0 Å². The molecule has 0 aliphatic heterocycles. The van der Waals surface area contributed by atoms with Gasteiger partial charge in [-0.3, -0.25) is 4.79 Å². The van der Waals surface area contributed by atoms with Gasteiger partial charge < -0.3 is 15.2 Å². The van der Waals surface area contributed by atoms with E-state index in [0.717, 1.165) is 76.0 Å². The molecule has 5 unspecified atom stereocenters. The van der Waals surface area contributed by atoms with Crippen molar-refractivity contribution >= 4 is 5.78 Å². The van der Waals surface area contributed by atoms with E-state index in [0.29, 0.717) is 41.5 Å². The average Bonchev–Trinajstić information content (AvgIpc) is 3.32. The summed E-state index contributed by atoms with van der Waals surface area (Å²) in [7, 11) is 0. The maximum atomic E-state index is 12.3. The van der Waals surface area contributed by atoms with E-state index in [1.165, 1.54) is 37.7 Å². The predicted octanol–water partition coefficient (Wildman–Crippen LogP) is 8.45. The molecular weight excluding hydrogens is 506 g/mol. The number of aliphatic hydroxyl groups is 1. The molecule has 0 aromatic heterocycles. The molecule has 1 aromatic carbocycles. The molecule has 4 aliphatic rings. The molecule has 1 aromatic rings. The molecular formula is C37H59NO3. The molecule has 4 saturated carbocycles. The number of fused-ring (bicyclic) bond motifs is 5. The molecule has 230 valence electrons. The Hall–Kier alpha value is -1.39. The van der Waals surface area contributed by atoms with Gasteiger partial charge in [0.25, 0.3) is 0 Å². The number of ketones is 1. The van der Waals surface area contributed by atoms with E-state index in [-0.39, 0.29) is 17.1 Å². The van der Waals surface area contributed by atoms with Crippen LogP contribution < -0.4 is 10.1 Å². The first kappa shape index (κ1) is 31.0. The number of Topliss-reactive ketones (excluding diaryl/α,β-unsaturated/α-hetero) is 1. The van der Waals surface area contributed by atoms with Crippen molar-refractivity contribution < 1.29 is 14.6 Å². The first-order valence-corrected chi connectivity index (χ1v) is 17.4. The lowest BCUT2D eigenvalue weighted by atomic mass is 9.44. The van der Waals surface area contributed by atoms with Gasteiger partial charge in [0.05, 0.1) is 12.7 Å². The standard InChI is InChI=1S/C37H59NO3/c1-6-26(7-2)25-38-37(8-3,9-4)28-11-10-12-30(24-28)41-22-21-36-20-18-32-31(33(36)15-16-34(36)40)14-13-27-23-29(39)17-19-35(27,32)5/h10-12,24,26-27,31-34,38,40H,6-9,13-23,25H2,1-5H3/t27?,31?,32?,33?,34?,35-,36+/m0/s1. The van der Waals surface area contributed by atoms with Crippen LogP contribution in [-0.2, 0) is 10.3 Å². The fourth-order valence-electron chi connectivity index (χ4n) is 10.5. The number of hydrogen-bond donors (Lipinski definition) is 2. The lowest BCUT2D eigenvalue weighted by molar-refractivity contribution is -0.145. The molecule has 0 spiro atoms. The molecule has 0 amide bonds. The Balaban J connectivity index is 1.26. The third-order valence-electron chi connectivity index (χ3n) is 13.5. The van der Waals surface area contributed by atoms with Gasteiger partial charge in [-0.2, -0.15) is 0 Å². The second-order valence-electron chi connectivity index (χ2n) is 14.7. The third-order valence-corrected chi connectivity index (χ3v) is 13.5. The maximum Gasteiger partial charge on any atom is 0.133 e. The Bertz CT molecular complexity index is 1030. The second-order valence-corrected chi connectivity index (χ2v) is 14.7. The normalized spacial score (nSPS) is 35.2. The third kappa shape index (κ3) is 5.66. The lowest BCUT2D eigenvalue weighted by Gasteiger charge is -2.60. The first-order chi connectivity index (χ1) is 19.7. The Morgan fingerprint density at radius 1 is 1.02 bits per heavy atom. The molecule has 7 atom stereocenters. The van der Waals surface area contributed by atoms with E-state index in [4.69, 9.17) is 4.74 Å². The van der Waals surface area contributed by atoms with Gasteiger partial charge in [0.1, 0.15) is 11.5 Å². The van der Waals surface area contributed by atoms with Crippen molar-refractivity contribution in [3.8, 4) is 5.75 Å². The second kappa shape index (κ2) is 12.7. The first-order valence-electron chi connectivity index (χ1n) is 17.4. The Labute approximate surface area is 250 Å². The number of nitrogens with one attached hydrogen (secondary N) is 1. The van der Waals surface area contributed by atoms with Crippen molar-refractivity contribution in [1.82, 2.24) is 5.32 Å². The fourth-order valence-corrected chi connectivity index (χ4v) is 10.5. The van der Waals surface area contributed by atoms with E-state index in [2.05, 4.69) is 64.2 Å². The molecule has 4 nitrogen and oxygen atoms in total. The number of aliphatic hydroxyl groups excluding tert-OH is 1. The maximum absolute atomic E-state index is 12.3. The largest absolute Gasteiger partial charge is 0.494 e. The Morgan fingerprint density at radius 2 is 1.80 bits per heavy atom. The summed E-state index contributed by atoms with van der Waals surface area (Å²) in [5, 5.41) is 15.4. The van der Waals surface area contributed by atoms with Crippen LogP contribution in [0.1, 0.15) is 130 Å². The summed E-state index contributed by atoms with van der Waals surface area (Å²) in [5.74, 6) is 4.78. The Kier molecular flexibility index (Phi) is 9.61. The minimum absolute atomic E-state index is 0.0000711. The molecule has 41 heavy (non-hydrogen) atoms. The van der Waals surface area contributed by atoms with Crippen LogP contribution >= 0.6 is 0 Å². The molecule has 2 N–H and O–H groups in total. The molecule has 4 fully saturated rings. The van der Waals surface area contributed by atoms with Crippen LogP contribution in [0, 0.1) is 40.4 Å². The average molecular weight is 566 g/mol. The van der Waals surface area contributed by atoms with Crippen molar-refractivity contribution in [2.75, 3.05) is 13.2 Å². The van der Waals surface area contributed by atoms with Crippen LogP contribution in [0.3, 0.4) is 0 Å². The van der Waals surface area contributed by atoms with E-state index in [1.54, 1.807) is 0 Å². The van der Waals surface area contributed by atoms with Gasteiger partial charge in [-0.05, 0) is 123 Å². The van der Waals surface area contributed by atoms with Crippen LogP contribution in [-0.4, -0.2) is 30.1 Å². The van der Waals surface area contributed by atoms with E-state index in [9.17, 15) is 9.90 Å². The van der Waals surface area contributed by atoms with Crippen LogP contribution in [0.15, 0.2) is 24.3 Å². The molecule has 0 saturated heterocycles. The molecule has 4 heteroatoms. The minimum Gasteiger partial charge on any atom is -0.494 e. The summed E-state index contributed by atoms with van der Waals surface area (Å²) in [6.45, 7) is 13.4. The van der Waals surface area contributed by atoms with Crippen molar-refractivity contribution in [2.24, 2.45) is 40.4 Å². The summed E-state index contributed by atoms with van der Waals surface area (Å²) in [6.07, 6.45) is 14.9. The van der Waals surface area contributed by atoms with Crippen molar-refractivity contribution in [3.05, 3.63) is 29.8 Å². The van der Waals surface area contributed by atoms with Crippen LogP contribution in [0.4, 0.5) is 0 Å².